The number of rotatable bonds is 1. The van der Waals surface area contributed by atoms with Crippen LogP contribution in [-0.2, 0) is 5.41 Å². The molecule has 0 heterocycles. The molecule has 19 heavy (non-hydrogen) atoms. The van der Waals surface area contributed by atoms with Crippen LogP contribution in [-0.4, -0.2) is 0 Å². The number of nitriles is 4. The molecule has 0 aromatic heterocycles. The predicted octanol–water partition coefficient (Wildman–Crippen LogP) is 2.68. The van der Waals surface area contributed by atoms with Gasteiger partial charge in [0, 0.05) is 5.02 Å². The summed E-state index contributed by atoms with van der Waals surface area (Å²) < 4.78 is 0. The van der Waals surface area contributed by atoms with Crippen LogP contribution in [0.15, 0.2) is 24.3 Å². The van der Waals surface area contributed by atoms with Crippen molar-refractivity contribution in [3.05, 3.63) is 34.9 Å². The van der Waals surface area contributed by atoms with E-state index in [2.05, 4.69) is 0 Å². The van der Waals surface area contributed by atoms with Crippen molar-refractivity contribution in [1.29, 1.82) is 21.0 Å². The molecule has 1 saturated carbocycles. The lowest BCUT2D eigenvalue weighted by Gasteiger charge is -2.12. The Balaban J connectivity index is 2.77. The Morgan fingerprint density at radius 2 is 1.42 bits per heavy atom. The minimum atomic E-state index is -1.67. The second-order valence-electron chi connectivity index (χ2n) is 4.58. The van der Waals surface area contributed by atoms with Crippen LogP contribution in [0.3, 0.4) is 0 Å². The van der Waals surface area contributed by atoms with Gasteiger partial charge >= 0.3 is 0 Å². The van der Waals surface area contributed by atoms with Crippen molar-refractivity contribution in [2.45, 2.75) is 12.3 Å². The fourth-order valence-electron chi connectivity index (χ4n) is 2.78. The van der Waals surface area contributed by atoms with E-state index >= 15 is 0 Å². The van der Waals surface area contributed by atoms with Crippen LogP contribution in [0.25, 0.3) is 0 Å². The van der Waals surface area contributed by atoms with E-state index in [4.69, 9.17) is 11.6 Å². The maximum absolute atomic E-state index is 9.31. The molecule has 0 N–H and O–H groups in total. The first-order valence-corrected chi connectivity index (χ1v) is 5.78. The first-order chi connectivity index (χ1) is 8.99. The van der Waals surface area contributed by atoms with E-state index < -0.39 is 16.2 Å². The van der Waals surface area contributed by atoms with E-state index in [0.29, 0.717) is 10.6 Å². The van der Waals surface area contributed by atoms with Crippen molar-refractivity contribution < 1.29 is 0 Å². The fourth-order valence-corrected chi connectivity index (χ4v) is 2.97. The first kappa shape index (κ1) is 12.9. The Morgan fingerprint density at radius 1 is 0.947 bits per heavy atom. The Hall–Kier alpha value is -2.53. The Bertz CT molecular complexity index is 658. The molecule has 5 heteroatoms. The summed E-state index contributed by atoms with van der Waals surface area (Å²) >= 11 is 5.91. The minimum absolute atomic E-state index is 0.431. The molecule has 0 spiro atoms. The average molecular weight is 267 g/mol. The van der Waals surface area contributed by atoms with Gasteiger partial charge in [0.1, 0.15) is 0 Å². The van der Waals surface area contributed by atoms with Gasteiger partial charge in [0.15, 0.2) is 10.8 Å². The molecular formula is C14H7ClN4. The van der Waals surface area contributed by atoms with Gasteiger partial charge < -0.3 is 0 Å². The number of hydrogen-bond acceptors (Lipinski definition) is 4. The maximum atomic E-state index is 9.31. The van der Waals surface area contributed by atoms with Crippen molar-refractivity contribution in [3.63, 3.8) is 0 Å². The lowest BCUT2D eigenvalue weighted by molar-refractivity contribution is 0.651. The topological polar surface area (TPSA) is 95.2 Å². The van der Waals surface area contributed by atoms with E-state index in [9.17, 15) is 21.0 Å². The summed E-state index contributed by atoms with van der Waals surface area (Å²) in [5.41, 5.74) is -3.97. The highest BCUT2D eigenvalue weighted by Gasteiger charge is 2.90. The van der Waals surface area contributed by atoms with Crippen molar-refractivity contribution in [1.82, 2.24) is 0 Å². The number of nitrogens with zero attached hydrogens (tertiary/aromatic N) is 4. The molecule has 0 unspecified atom stereocenters. The van der Waals surface area contributed by atoms with Crippen LogP contribution in [0.4, 0.5) is 0 Å². The zero-order valence-corrected chi connectivity index (χ0v) is 10.7. The number of benzene rings is 1. The van der Waals surface area contributed by atoms with E-state index in [1.54, 1.807) is 31.2 Å². The number of halogens is 1. The van der Waals surface area contributed by atoms with Crippen LogP contribution >= 0.6 is 11.6 Å². The second kappa shape index (κ2) is 3.73. The van der Waals surface area contributed by atoms with Crippen LogP contribution in [0.5, 0.6) is 0 Å². The molecule has 1 aliphatic carbocycles. The van der Waals surface area contributed by atoms with Crippen LogP contribution in [0.2, 0.25) is 5.02 Å². The minimum Gasteiger partial charge on any atom is -0.196 e. The molecule has 0 saturated heterocycles. The maximum Gasteiger partial charge on any atom is 0.188 e. The number of hydrogen-bond donors (Lipinski definition) is 0. The Kier molecular flexibility index (Phi) is 2.54. The fraction of sp³-hybridized carbons (Fsp3) is 0.286. The predicted molar refractivity (Wildman–Crippen MR) is 66.1 cm³/mol. The summed E-state index contributed by atoms with van der Waals surface area (Å²) in [5, 5.41) is 37.7. The lowest BCUT2D eigenvalue weighted by atomic mass is 9.88. The Labute approximate surface area is 115 Å². The summed E-state index contributed by atoms with van der Waals surface area (Å²) in [7, 11) is 0. The van der Waals surface area contributed by atoms with E-state index in [1.807, 2.05) is 24.3 Å². The van der Waals surface area contributed by atoms with Gasteiger partial charge in [-0.25, -0.2) is 0 Å². The highest BCUT2D eigenvalue weighted by atomic mass is 35.5. The average Bonchev–Trinajstić information content (AvgIpc) is 2.93. The molecule has 1 aromatic rings. The summed E-state index contributed by atoms with van der Waals surface area (Å²) in [6.07, 6.45) is 0. The monoisotopic (exact) mass is 266 g/mol. The standard InChI is InChI=1S/C14H7ClN4/c1-12(10-3-2-4-11(15)5-10)13(6-16,7-17)14(12,8-18)9-19/h2-5H,1H3. The SMILES string of the molecule is CC1(c2cccc(Cl)c2)C(C#N)(C#N)C1(C#N)C#N. The summed E-state index contributed by atoms with van der Waals surface area (Å²) in [6.45, 7) is 1.58. The van der Waals surface area contributed by atoms with Crippen molar-refractivity contribution >= 4 is 11.6 Å². The van der Waals surface area contributed by atoms with Crippen LogP contribution in [0, 0.1) is 56.2 Å². The van der Waals surface area contributed by atoms with E-state index in [0.717, 1.165) is 0 Å². The normalized spacial score (nSPS) is 20.1. The van der Waals surface area contributed by atoms with Crippen molar-refractivity contribution in [2.75, 3.05) is 0 Å². The molecule has 0 amide bonds. The lowest BCUT2D eigenvalue weighted by Crippen LogP contribution is -2.13. The molecule has 0 aliphatic heterocycles. The molecule has 1 aliphatic rings. The van der Waals surface area contributed by atoms with Gasteiger partial charge in [-0.3, -0.25) is 0 Å². The third-order valence-electron chi connectivity index (χ3n) is 4.07. The van der Waals surface area contributed by atoms with Crippen molar-refractivity contribution in [2.24, 2.45) is 10.8 Å². The van der Waals surface area contributed by atoms with Crippen LogP contribution < -0.4 is 0 Å². The highest BCUT2D eigenvalue weighted by molar-refractivity contribution is 6.30. The van der Waals surface area contributed by atoms with Gasteiger partial charge in [-0.2, -0.15) is 21.0 Å². The first-order valence-electron chi connectivity index (χ1n) is 5.40. The van der Waals surface area contributed by atoms with E-state index in [-0.39, 0.29) is 0 Å². The molecule has 4 nitrogen and oxygen atoms in total. The van der Waals surface area contributed by atoms with Gasteiger partial charge in [0.25, 0.3) is 0 Å². The van der Waals surface area contributed by atoms with E-state index in [1.165, 1.54) is 0 Å². The molecular weight excluding hydrogens is 260 g/mol. The zero-order chi connectivity index (χ0) is 14.3. The zero-order valence-electron chi connectivity index (χ0n) is 9.98. The van der Waals surface area contributed by atoms with Gasteiger partial charge in [-0.05, 0) is 17.7 Å². The third kappa shape index (κ3) is 1.10. The molecule has 0 bridgehead atoms. The summed E-state index contributed by atoms with van der Waals surface area (Å²) in [4.78, 5) is 0. The highest BCUT2D eigenvalue weighted by Crippen LogP contribution is 2.77. The molecule has 0 radical (unpaired) electrons. The van der Waals surface area contributed by atoms with Crippen LogP contribution in [0.1, 0.15) is 12.5 Å². The van der Waals surface area contributed by atoms with Crippen molar-refractivity contribution in [3.8, 4) is 24.3 Å². The smallest absolute Gasteiger partial charge is 0.188 e. The molecule has 90 valence electrons. The molecule has 0 atom stereocenters. The molecule has 2 rings (SSSR count). The molecule has 1 aromatic carbocycles. The quantitative estimate of drug-likeness (QED) is 0.780. The second-order valence-corrected chi connectivity index (χ2v) is 5.02. The van der Waals surface area contributed by atoms with Gasteiger partial charge in [-0.1, -0.05) is 30.7 Å². The van der Waals surface area contributed by atoms with Gasteiger partial charge in [-0.15, -0.1) is 0 Å². The molecule has 1 fully saturated rings. The Morgan fingerprint density at radius 3 is 1.79 bits per heavy atom. The van der Waals surface area contributed by atoms with Gasteiger partial charge in [0.05, 0.1) is 29.7 Å². The third-order valence-corrected chi connectivity index (χ3v) is 4.31. The van der Waals surface area contributed by atoms with Gasteiger partial charge in [0.2, 0.25) is 0 Å². The summed E-state index contributed by atoms with van der Waals surface area (Å²) in [6, 6.07) is 14.0. The largest absolute Gasteiger partial charge is 0.196 e. The summed E-state index contributed by atoms with van der Waals surface area (Å²) in [5.74, 6) is 0.